The van der Waals surface area contributed by atoms with Crippen molar-refractivity contribution < 1.29 is 20.0 Å². The van der Waals surface area contributed by atoms with E-state index in [4.69, 9.17) is 6.85 Å². The molecule has 0 aliphatic carbocycles. The molecule has 3 nitrogen and oxygen atoms in total. The number of alkyl halides is 3. The van der Waals surface area contributed by atoms with E-state index in [2.05, 4.69) is 26.2 Å². The molecule has 7 heteroatoms. The molecule has 0 N–H and O–H groups in total. The quantitative estimate of drug-likeness (QED) is 0.810. The van der Waals surface area contributed by atoms with E-state index in [9.17, 15) is 13.2 Å². The number of nitrogens with zero attached hydrogens (tertiary/aromatic N) is 3. The zero-order chi connectivity index (χ0) is 16.1. The number of benzene rings is 1. The van der Waals surface area contributed by atoms with Crippen molar-refractivity contribution in [2.45, 2.75) is 6.18 Å². The highest BCUT2D eigenvalue weighted by molar-refractivity contribution is 9.10. The minimum absolute atomic E-state index is 0.150. The Labute approximate surface area is 104 Å². The molecule has 2 aromatic rings. The molecule has 0 unspecified atom stereocenters. The summed E-state index contributed by atoms with van der Waals surface area (Å²) in [6, 6.07) is -4.06. The predicted molar refractivity (Wildman–Crippen MR) is 54.1 cm³/mol. The van der Waals surface area contributed by atoms with E-state index >= 15 is 0 Å². The molecular weight excluding hydrogens is 287 g/mol. The van der Waals surface area contributed by atoms with E-state index in [0.29, 0.717) is 4.68 Å². The van der Waals surface area contributed by atoms with Crippen LogP contribution in [0.4, 0.5) is 13.2 Å². The van der Waals surface area contributed by atoms with Gasteiger partial charge in [-0.2, -0.15) is 13.2 Å². The smallest absolute Gasteiger partial charge is 0.219 e. The van der Waals surface area contributed by atoms with Gasteiger partial charge < -0.3 is 0 Å². The maximum Gasteiger partial charge on any atom is 0.418 e. The Morgan fingerprint density at radius 1 is 1.31 bits per heavy atom. The van der Waals surface area contributed by atoms with Gasteiger partial charge in [-0.25, -0.2) is 4.68 Å². The first kappa shape index (κ1) is 6.39. The average molecular weight is 297 g/mol. The monoisotopic (exact) mass is 296 g/mol. The Bertz CT molecular complexity index is 731. The van der Waals surface area contributed by atoms with Crippen LogP contribution in [-0.4, -0.2) is 15.0 Å². The summed E-state index contributed by atoms with van der Waals surface area (Å²) in [7, 11) is 0. The van der Waals surface area contributed by atoms with Crippen LogP contribution >= 0.6 is 15.9 Å². The van der Waals surface area contributed by atoms with Crippen molar-refractivity contribution in [3.05, 3.63) is 40.5 Å². The van der Waals surface area contributed by atoms with Crippen molar-refractivity contribution in [1.29, 1.82) is 0 Å². The molecule has 0 saturated heterocycles. The van der Waals surface area contributed by atoms with E-state index in [1.807, 2.05) is 0 Å². The van der Waals surface area contributed by atoms with Gasteiger partial charge >= 0.3 is 6.18 Å². The molecular formula is C9H5BrF3N3. The molecule has 0 atom stereocenters. The topological polar surface area (TPSA) is 30.7 Å². The van der Waals surface area contributed by atoms with Crippen LogP contribution in [0.25, 0.3) is 5.69 Å². The minimum Gasteiger partial charge on any atom is -0.219 e. The predicted octanol–water partition coefficient (Wildman–Crippen LogP) is 3.05. The summed E-state index contributed by atoms with van der Waals surface area (Å²) in [5.41, 5.74) is -2.56. The summed E-state index contributed by atoms with van der Waals surface area (Å²) in [4.78, 5) is 0. The van der Waals surface area contributed by atoms with Crippen molar-refractivity contribution in [2.75, 3.05) is 0 Å². The van der Waals surface area contributed by atoms with Gasteiger partial charge in [-0.3, -0.25) is 0 Å². The number of hydrogen-bond donors (Lipinski definition) is 0. The molecule has 0 radical (unpaired) electrons. The first-order chi connectivity index (χ1) is 9.57. The Balaban J connectivity index is 2.97. The van der Waals surface area contributed by atoms with Gasteiger partial charge in [0.1, 0.15) is 4.60 Å². The van der Waals surface area contributed by atoms with Crippen LogP contribution in [-0.2, 0) is 6.18 Å². The molecule has 16 heavy (non-hydrogen) atoms. The highest BCUT2D eigenvalue weighted by atomic mass is 79.9. The minimum atomic E-state index is -5.05. The highest BCUT2D eigenvalue weighted by Crippen LogP contribution is 2.33. The van der Waals surface area contributed by atoms with E-state index in [0.717, 1.165) is 0 Å². The Morgan fingerprint density at radius 3 is 2.56 bits per heavy atom. The van der Waals surface area contributed by atoms with E-state index < -0.39 is 47.8 Å². The number of aromatic nitrogens is 3. The second-order valence-electron chi connectivity index (χ2n) is 2.63. The van der Waals surface area contributed by atoms with Crippen LogP contribution < -0.4 is 0 Å². The molecule has 1 aromatic heterocycles. The summed E-state index contributed by atoms with van der Waals surface area (Å²) in [5, 5.41) is 6.68. The molecule has 0 bridgehead atoms. The Morgan fingerprint density at radius 2 is 2.00 bits per heavy atom. The van der Waals surface area contributed by atoms with Crippen molar-refractivity contribution >= 4 is 15.9 Å². The van der Waals surface area contributed by atoms with Gasteiger partial charge in [-0.15, -0.1) is 5.10 Å². The zero-order valence-corrected chi connectivity index (χ0v) is 8.94. The molecule has 2 rings (SSSR count). The maximum absolute atomic E-state index is 13.1. The normalized spacial score (nSPS) is 16.1. The van der Waals surface area contributed by atoms with Gasteiger partial charge in [0.05, 0.1) is 24.3 Å². The van der Waals surface area contributed by atoms with Gasteiger partial charge in [-0.1, -0.05) is 17.3 Å². The van der Waals surface area contributed by atoms with Gasteiger partial charge in [-0.05, 0) is 28.0 Å². The van der Waals surface area contributed by atoms with Crippen LogP contribution in [0.3, 0.4) is 0 Å². The lowest BCUT2D eigenvalue weighted by molar-refractivity contribution is -0.137. The van der Waals surface area contributed by atoms with E-state index in [-0.39, 0.29) is 4.60 Å². The van der Waals surface area contributed by atoms with Crippen LogP contribution in [0.5, 0.6) is 0 Å². The first-order valence-corrected chi connectivity index (χ1v) is 4.62. The van der Waals surface area contributed by atoms with Crippen LogP contribution in [0.15, 0.2) is 34.9 Å². The summed E-state index contributed by atoms with van der Waals surface area (Å²) >= 11 is 2.81. The molecule has 1 aromatic carbocycles. The summed E-state index contributed by atoms with van der Waals surface area (Å²) in [5.74, 6) is 0. The number of hydrogen-bond acceptors (Lipinski definition) is 2. The van der Waals surface area contributed by atoms with E-state index in [1.54, 1.807) is 0 Å². The maximum atomic E-state index is 13.1. The van der Waals surface area contributed by atoms with Crippen LogP contribution in [0, 0.1) is 0 Å². The van der Waals surface area contributed by atoms with Crippen molar-refractivity contribution in [1.82, 2.24) is 15.0 Å². The molecule has 0 amide bonds. The number of para-hydroxylation sites is 1. The SMILES string of the molecule is [2H]c1c([2H])c([2H])c(C(F)(F)F)c(-n2nnc(Br)c2[2H])c1[2H]. The van der Waals surface area contributed by atoms with Crippen LogP contribution in [0.2, 0.25) is 0 Å². The fourth-order valence-electron chi connectivity index (χ4n) is 0.987. The Kier molecular flexibility index (Phi) is 1.55. The van der Waals surface area contributed by atoms with Crippen molar-refractivity contribution in [3.8, 4) is 5.69 Å². The zero-order valence-electron chi connectivity index (χ0n) is 12.4. The second-order valence-corrected chi connectivity index (χ2v) is 3.38. The average Bonchev–Trinajstić information content (AvgIpc) is 2.70. The molecule has 84 valence electrons. The summed E-state index contributed by atoms with van der Waals surface area (Å²) in [6.45, 7) is 0. The second kappa shape index (κ2) is 3.89. The van der Waals surface area contributed by atoms with Gasteiger partial charge in [0.15, 0.2) is 0 Å². The summed E-state index contributed by atoms with van der Waals surface area (Å²) < 4.78 is 77.1. The number of rotatable bonds is 1. The van der Waals surface area contributed by atoms with E-state index in [1.165, 1.54) is 0 Å². The van der Waals surface area contributed by atoms with Gasteiger partial charge in [0, 0.05) is 0 Å². The fourth-order valence-corrected chi connectivity index (χ4v) is 1.23. The number of halogens is 4. The van der Waals surface area contributed by atoms with Gasteiger partial charge in [0.2, 0.25) is 0 Å². The summed E-state index contributed by atoms with van der Waals surface area (Å²) in [6.07, 6.45) is -5.61. The van der Waals surface area contributed by atoms with Gasteiger partial charge in [0.25, 0.3) is 0 Å². The first-order valence-electron chi connectivity index (χ1n) is 6.33. The fraction of sp³-hybridized carbons (Fsp3) is 0.111. The van der Waals surface area contributed by atoms with Crippen molar-refractivity contribution in [2.24, 2.45) is 0 Å². The third-order valence-corrected chi connectivity index (χ3v) is 1.92. The third-order valence-electron chi connectivity index (χ3n) is 1.58. The molecule has 0 fully saturated rings. The lowest BCUT2D eigenvalue weighted by atomic mass is 10.2. The molecule has 0 aliphatic heterocycles. The highest BCUT2D eigenvalue weighted by Gasteiger charge is 2.33. The third kappa shape index (κ3) is 2.08. The molecule has 1 heterocycles. The van der Waals surface area contributed by atoms with Crippen LogP contribution in [0.1, 0.15) is 12.4 Å². The van der Waals surface area contributed by atoms with Crippen molar-refractivity contribution in [3.63, 3.8) is 0 Å². The molecule has 0 saturated carbocycles. The standard InChI is InChI=1S/C9H5BrF3N3/c10-8-5-16(15-14-8)7-4-2-1-3-6(7)9(11,12)13/h1-5H/i1D,2D,3D,4D,5D. The largest absolute Gasteiger partial charge is 0.418 e. The Hall–Kier alpha value is -1.37. The lowest BCUT2D eigenvalue weighted by Crippen LogP contribution is -2.10. The lowest BCUT2D eigenvalue weighted by Gasteiger charge is -2.11. The molecule has 0 aliphatic rings. The molecule has 0 spiro atoms.